The van der Waals surface area contributed by atoms with E-state index < -0.39 is 23.5 Å². The van der Waals surface area contributed by atoms with Gasteiger partial charge in [0, 0.05) is 6.04 Å². The average molecular weight is 348 g/mol. The van der Waals surface area contributed by atoms with Gasteiger partial charge in [0.25, 0.3) is 0 Å². The van der Waals surface area contributed by atoms with Crippen LogP contribution in [0.2, 0.25) is 0 Å². The van der Waals surface area contributed by atoms with Crippen molar-refractivity contribution in [3.05, 3.63) is 51.5 Å². The molecule has 1 aromatic heterocycles. The Balaban J connectivity index is 2.52. The number of benzene rings is 1. The first-order valence-electron chi connectivity index (χ1n) is 5.95. The van der Waals surface area contributed by atoms with Crippen molar-refractivity contribution in [2.45, 2.75) is 25.9 Å². The molecule has 7 heteroatoms. The summed E-state index contributed by atoms with van der Waals surface area (Å²) in [6.45, 7) is 3.81. The van der Waals surface area contributed by atoms with Crippen LogP contribution < -0.4 is 5.73 Å². The van der Waals surface area contributed by atoms with Crippen LogP contribution in [0.5, 0.6) is 0 Å². The Kier molecular flexibility index (Phi) is 4.19. The van der Waals surface area contributed by atoms with E-state index >= 15 is 0 Å². The Morgan fingerprint density at radius 3 is 2.25 bits per heavy atom. The molecular formula is C13H13BrF3N3. The van der Waals surface area contributed by atoms with Crippen molar-refractivity contribution in [2.24, 2.45) is 5.73 Å². The van der Waals surface area contributed by atoms with Gasteiger partial charge in [-0.2, -0.15) is 5.10 Å². The van der Waals surface area contributed by atoms with Gasteiger partial charge in [0.2, 0.25) is 0 Å². The second-order valence-corrected chi connectivity index (χ2v) is 5.55. The molecule has 2 aromatic rings. The zero-order valence-corrected chi connectivity index (χ0v) is 12.5. The molecule has 0 radical (unpaired) electrons. The summed E-state index contributed by atoms with van der Waals surface area (Å²) < 4.78 is 41.9. The maximum absolute atomic E-state index is 13.3. The molecule has 1 unspecified atom stereocenters. The summed E-state index contributed by atoms with van der Waals surface area (Å²) in [5.41, 5.74) is 6.76. The largest absolute Gasteiger partial charge is 0.319 e. The summed E-state index contributed by atoms with van der Waals surface area (Å²) in [5, 5.41) is 4.15. The zero-order chi connectivity index (χ0) is 15.0. The lowest BCUT2D eigenvalue weighted by atomic mass is 10.0. The number of nitrogens with two attached hydrogens (primary N) is 1. The van der Waals surface area contributed by atoms with Gasteiger partial charge in [0.1, 0.15) is 0 Å². The van der Waals surface area contributed by atoms with Crippen molar-refractivity contribution in [2.75, 3.05) is 0 Å². The van der Waals surface area contributed by atoms with Gasteiger partial charge < -0.3 is 5.73 Å². The molecule has 108 valence electrons. The number of halogens is 4. The fraction of sp³-hybridized carbons (Fsp3) is 0.308. The van der Waals surface area contributed by atoms with Crippen LogP contribution in [0.25, 0.3) is 0 Å². The van der Waals surface area contributed by atoms with Gasteiger partial charge in [-0.1, -0.05) is 0 Å². The average Bonchev–Trinajstić information content (AvgIpc) is 2.76. The molecule has 0 aliphatic rings. The normalized spacial score (nSPS) is 13.0. The molecular weight excluding hydrogens is 335 g/mol. The Labute approximate surface area is 122 Å². The van der Waals surface area contributed by atoms with Crippen LogP contribution in [0.15, 0.2) is 22.8 Å². The fourth-order valence-corrected chi connectivity index (χ4v) is 2.49. The van der Waals surface area contributed by atoms with E-state index in [1.165, 1.54) is 0 Å². The molecule has 0 saturated heterocycles. The molecule has 0 saturated carbocycles. The standard InChI is InChI=1S/C13H13BrF3N3/c1-6(2)20-13(8(14)5-19-20)12(18)7-3-9(15)11(17)10(16)4-7/h3-6,12H,18H2,1-2H3. The summed E-state index contributed by atoms with van der Waals surface area (Å²) in [6, 6.07) is 0.997. The van der Waals surface area contributed by atoms with Gasteiger partial charge in [-0.05, 0) is 47.5 Å². The summed E-state index contributed by atoms with van der Waals surface area (Å²) in [6.07, 6.45) is 1.56. The van der Waals surface area contributed by atoms with E-state index in [2.05, 4.69) is 21.0 Å². The number of rotatable bonds is 3. The van der Waals surface area contributed by atoms with Crippen molar-refractivity contribution < 1.29 is 13.2 Å². The first-order valence-corrected chi connectivity index (χ1v) is 6.75. The molecule has 1 atom stereocenters. The lowest BCUT2D eigenvalue weighted by molar-refractivity contribution is 0.443. The van der Waals surface area contributed by atoms with Crippen molar-refractivity contribution in [3.8, 4) is 0 Å². The molecule has 2 N–H and O–H groups in total. The Hall–Kier alpha value is -1.34. The molecule has 0 aliphatic carbocycles. The molecule has 2 rings (SSSR count). The monoisotopic (exact) mass is 347 g/mol. The van der Waals surface area contributed by atoms with E-state index in [9.17, 15) is 13.2 Å². The smallest absolute Gasteiger partial charge is 0.194 e. The predicted molar refractivity (Wildman–Crippen MR) is 72.7 cm³/mol. The maximum Gasteiger partial charge on any atom is 0.194 e. The molecule has 0 aliphatic heterocycles. The van der Waals surface area contributed by atoms with Crippen LogP contribution in [0.3, 0.4) is 0 Å². The maximum atomic E-state index is 13.3. The van der Waals surface area contributed by atoms with Crippen molar-refractivity contribution >= 4 is 15.9 Å². The summed E-state index contributed by atoms with van der Waals surface area (Å²) in [5.74, 6) is -4.03. The van der Waals surface area contributed by atoms with E-state index in [1.807, 2.05) is 13.8 Å². The van der Waals surface area contributed by atoms with E-state index in [-0.39, 0.29) is 11.6 Å². The second kappa shape index (κ2) is 5.57. The fourth-order valence-electron chi connectivity index (χ4n) is 1.97. The van der Waals surface area contributed by atoms with E-state index in [0.29, 0.717) is 10.2 Å². The van der Waals surface area contributed by atoms with Crippen LogP contribution in [-0.2, 0) is 0 Å². The highest BCUT2D eigenvalue weighted by atomic mass is 79.9. The van der Waals surface area contributed by atoms with Gasteiger partial charge in [-0.3, -0.25) is 4.68 Å². The Morgan fingerprint density at radius 1 is 1.20 bits per heavy atom. The molecule has 1 heterocycles. The molecule has 0 amide bonds. The lowest BCUT2D eigenvalue weighted by Gasteiger charge is -2.18. The first-order chi connectivity index (χ1) is 9.32. The SMILES string of the molecule is CC(C)n1ncc(Br)c1C(N)c1cc(F)c(F)c(F)c1. The Morgan fingerprint density at radius 2 is 1.75 bits per heavy atom. The third-order valence-corrected chi connectivity index (χ3v) is 3.55. The van der Waals surface area contributed by atoms with Crippen LogP contribution in [0.1, 0.15) is 37.2 Å². The summed E-state index contributed by atoms with van der Waals surface area (Å²) >= 11 is 3.31. The molecule has 0 bridgehead atoms. The topological polar surface area (TPSA) is 43.8 Å². The molecule has 0 spiro atoms. The van der Waals surface area contributed by atoms with Crippen molar-refractivity contribution in [1.82, 2.24) is 9.78 Å². The van der Waals surface area contributed by atoms with Gasteiger partial charge >= 0.3 is 0 Å². The summed E-state index contributed by atoms with van der Waals surface area (Å²) in [7, 11) is 0. The van der Waals surface area contributed by atoms with E-state index in [1.54, 1.807) is 10.9 Å². The van der Waals surface area contributed by atoms with E-state index in [0.717, 1.165) is 12.1 Å². The van der Waals surface area contributed by atoms with Gasteiger partial charge in [0.05, 0.1) is 22.4 Å². The minimum atomic E-state index is -1.50. The van der Waals surface area contributed by atoms with Crippen LogP contribution >= 0.6 is 15.9 Å². The van der Waals surface area contributed by atoms with E-state index in [4.69, 9.17) is 5.73 Å². The van der Waals surface area contributed by atoms with Gasteiger partial charge in [0.15, 0.2) is 17.5 Å². The minimum Gasteiger partial charge on any atom is -0.319 e. The zero-order valence-electron chi connectivity index (χ0n) is 10.9. The number of hydrogen-bond donors (Lipinski definition) is 1. The van der Waals surface area contributed by atoms with Crippen LogP contribution in [0, 0.1) is 17.5 Å². The molecule has 0 fully saturated rings. The first kappa shape index (κ1) is 15.1. The van der Waals surface area contributed by atoms with Crippen molar-refractivity contribution in [1.29, 1.82) is 0 Å². The third-order valence-electron chi connectivity index (χ3n) is 2.94. The summed E-state index contributed by atoms with van der Waals surface area (Å²) in [4.78, 5) is 0. The predicted octanol–water partition coefficient (Wildman–Crippen LogP) is 3.69. The molecule has 1 aromatic carbocycles. The number of nitrogens with zero attached hydrogens (tertiary/aromatic N) is 2. The third kappa shape index (κ3) is 2.60. The second-order valence-electron chi connectivity index (χ2n) is 4.69. The van der Waals surface area contributed by atoms with Crippen LogP contribution in [0.4, 0.5) is 13.2 Å². The number of aromatic nitrogens is 2. The highest BCUT2D eigenvalue weighted by Crippen LogP contribution is 2.30. The lowest BCUT2D eigenvalue weighted by Crippen LogP contribution is -2.20. The Bertz CT molecular complexity index is 617. The minimum absolute atomic E-state index is 0.0255. The van der Waals surface area contributed by atoms with Crippen molar-refractivity contribution in [3.63, 3.8) is 0 Å². The number of hydrogen-bond acceptors (Lipinski definition) is 2. The van der Waals surface area contributed by atoms with Gasteiger partial charge in [-0.25, -0.2) is 13.2 Å². The van der Waals surface area contributed by atoms with Gasteiger partial charge in [-0.15, -0.1) is 0 Å². The molecule has 3 nitrogen and oxygen atoms in total. The quantitative estimate of drug-likeness (QED) is 0.860. The van der Waals surface area contributed by atoms with Crippen LogP contribution in [-0.4, -0.2) is 9.78 Å². The molecule has 20 heavy (non-hydrogen) atoms. The highest BCUT2D eigenvalue weighted by Gasteiger charge is 2.22. The highest BCUT2D eigenvalue weighted by molar-refractivity contribution is 9.10.